The summed E-state index contributed by atoms with van der Waals surface area (Å²) in [5.41, 5.74) is 0. The number of carbonyl (C=O) groups is 1. The van der Waals surface area contributed by atoms with Crippen LogP contribution in [0.5, 0.6) is 5.75 Å². The van der Waals surface area contributed by atoms with Crippen LogP contribution in [-0.2, 0) is 14.8 Å². The lowest BCUT2D eigenvalue weighted by Crippen LogP contribution is -2.44. The molecule has 0 heterocycles. The molecule has 0 radical (unpaired) electrons. The molecular formula is C18H16F5NO4S. The van der Waals surface area contributed by atoms with E-state index in [0.29, 0.717) is 0 Å². The summed E-state index contributed by atoms with van der Waals surface area (Å²) in [6, 6.07) is 5.25. The van der Waals surface area contributed by atoms with Crippen molar-refractivity contribution in [1.82, 2.24) is 4.72 Å². The summed E-state index contributed by atoms with van der Waals surface area (Å²) in [7, 11) is -4.23. The van der Waals surface area contributed by atoms with E-state index in [9.17, 15) is 35.2 Å². The number of carbonyl (C=O) groups excluding carboxylic acids is 1. The largest absolute Gasteiger partial charge is 0.419 e. The van der Waals surface area contributed by atoms with Gasteiger partial charge >= 0.3 is 5.97 Å². The molecule has 11 heteroatoms. The van der Waals surface area contributed by atoms with Gasteiger partial charge in [-0.15, -0.1) is 0 Å². The predicted octanol–water partition coefficient (Wildman–Crippen LogP) is 3.68. The fourth-order valence-electron chi connectivity index (χ4n) is 2.36. The van der Waals surface area contributed by atoms with Gasteiger partial charge in [-0.3, -0.25) is 0 Å². The van der Waals surface area contributed by atoms with E-state index < -0.39 is 56.9 Å². The topological polar surface area (TPSA) is 72.5 Å². The van der Waals surface area contributed by atoms with Crippen molar-refractivity contribution in [2.75, 3.05) is 0 Å². The van der Waals surface area contributed by atoms with E-state index in [2.05, 4.69) is 4.74 Å². The highest BCUT2D eigenvalue weighted by Gasteiger charge is 2.33. The molecule has 0 aliphatic carbocycles. The van der Waals surface area contributed by atoms with Crippen molar-refractivity contribution in [3.63, 3.8) is 0 Å². The van der Waals surface area contributed by atoms with Gasteiger partial charge in [-0.05, 0) is 24.5 Å². The van der Waals surface area contributed by atoms with Crippen LogP contribution in [0.25, 0.3) is 0 Å². The Morgan fingerprint density at radius 3 is 1.90 bits per heavy atom. The highest BCUT2D eigenvalue weighted by molar-refractivity contribution is 7.89. The molecule has 1 atom stereocenters. The summed E-state index contributed by atoms with van der Waals surface area (Å²) < 4.78 is 98.5. The van der Waals surface area contributed by atoms with E-state index >= 15 is 0 Å². The van der Waals surface area contributed by atoms with Gasteiger partial charge in [-0.25, -0.2) is 26.4 Å². The minimum absolute atomic E-state index is 0.166. The second-order valence-corrected chi connectivity index (χ2v) is 8.15. The molecule has 0 bridgehead atoms. The molecule has 0 unspecified atom stereocenters. The SMILES string of the molecule is CC(C)C[C@H](NS(=O)(=O)c1ccccc1)C(=O)Oc1c(F)c(F)c(F)c(F)c1F. The Hall–Kier alpha value is -2.53. The molecule has 0 aromatic heterocycles. The van der Waals surface area contributed by atoms with Crippen LogP contribution >= 0.6 is 0 Å². The van der Waals surface area contributed by atoms with Crippen molar-refractivity contribution in [3.05, 3.63) is 59.4 Å². The fraction of sp³-hybridized carbons (Fsp3) is 0.278. The Labute approximate surface area is 163 Å². The van der Waals surface area contributed by atoms with Gasteiger partial charge in [0.05, 0.1) is 4.90 Å². The average molecular weight is 437 g/mol. The van der Waals surface area contributed by atoms with Crippen LogP contribution in [0.4, 0.5) is 22.0 Å². The molecule has 0 aliphatic heterocycles. The third-order valence-corrected chi connectivity index (χ3v) is 5.20. The Balaban J connectivity index is 2.36. The Morgan fingerprint density at radius 1 is 0.931 bits per heavy atom. The summed E-state index contributed by atoms with van der Waals surface area (Å²) in [4.78, 5) is 12.2. The number of benzene rings is 2. The highest BCUT2D eigenvalue weighted by atomic mass is 32.2. The number of nitrogens with one attached hydrogen (secondary N) is 1. The van der Waals surface area contributed by atoms with Crippen molar-refractivity contribution >= 4 is 16.0 Å². The number of hydrogen-bond donors (Lipinski definition) is 1. The molecule has 1 N–H and O–H groups in total. The van der Waals surface area contributed by atoms with Crippen LogP contribution < -0.4 is 9.46 Å². The zero-order valence-electron chi connectivity index (χ0n) is 15.2. The van der Waals surface area contributed by atoms with Crippen LogP contribution in [0.1, 0.15) is 20.3 Å². The number of halogens is 5. The maximum atomic E-state index is 13.8. The van der Waals surface area contributed by atoms with Crippen molar-refractivity contribution in [3.8, 4) is 5.75 Å². The van der Waals surface area contributed by atoms with E-state index in [1.807, 2.05) is 4.72 Å². The summed E-state index contributed by atoms with van der Waals surface area (Å²) in [5.74, 6) is -15.3. The summed E-state index contributed by atoms with van der Waals surface area (Å²) in [5, 5.41) is 0. The zero-order chi connectivity index (χ0) is 21.9. The molecule has 2 aromatic carbocycles. The first-order valence-corrected chi connectivity index (χ1v) is 9.74. The first-order chi connectivity index (χ1) is 13.5. The number of hydrogen-bond acceptors (Lipinski definition) is 4. The third-order valence-electron chi connectivity index (χ3n) is 3.71. The molecule has 2 rings (SSSR count). The van der Waals surface area contributed by atoms with Gasteiger partial charge in [0.25, 0.3) is 0 Å². The van der Waals surface area contributed by atoms with Crippen LogP contribution in [-0.4, -0.2) is 20.4 Å². The monoisotopic (exact) mass is 437 g/mol. The molecule has 0 fully saturated rings. The van der Waals surface area contributed by atoms with Gasteiger partial charge in [0, 0.05) is 0 Å². The smallest absolute Gasteiger partial charge is 0.329 e. The Morgan fingerprint density at radius 2 is 1.41 bits per heavy atom. The van der Waals surface area contributed by atoms with E-state index in [0.717, 1.165) is 0 Å². The number of sulfonamides is 1. The van der Waals surface area contributed by atoms with Gasteiger partial charge in [-0.1, -0.05) is 32.0 Å². The van der Waals surface area contributed by atoms with Gasteiger partial charge in [0.1, 0.15) is 6.04 Å². The van der Waals surface area contributed by atoms with Gasteiger partial charge < -0.3 is 4.74 Å². The van der Waals surface area contributed by atoms with Crippen molar-refractivity contribution in [2.24, 2.45) is 5.92 Å². The molecule has 0 amide bonds. The maximum absolute atomic E-state index is 13.8. The standard InChI is InChI=1S/C18H16F5NO4S/c1-9(2)8-11(24-29(26,27)10-6-4-3-5-7-10)18(25)28-17-15(22)13(20)12(19)14(21)16(17)23/h3-7,9,11,24H,8H2,1-2H3/t11-/m0/s1. The molecule has 2 aromatic rings. The molecule has 0 saturated heterocycles. The lowest BCUT2D eigenvalue weighted by molar-refractivity contribution is -0.137. The van der Waals surface area contributed by atoms with Crippen molar-refractivity contribution in [2.45, 2.75) is 31.2 Å². The van der Waals surface area contributed by atoms with E-state index in [1.165, 1.54) is 24.3 Å². The minimum atomic E-state index is -4.23. The second kappa shape index (κ2) is 8.87. The average Bonchev–Trinajstić information content (AvgIpc) is 2.67. The first-order valence-electron chi connectivity index (χ1n) is 8.26. The van der Waals surface area contributed by atoms with E-state index in [-0.39, 0.29) is 17.2 Å². The fourth-order valence-corrected chi connectivity index (χ4v) is 3.58. The van der Waals surface area contributed by atoms with Gasteiger partial charge in [0.2, 0.25) is 44.9 Å². The van der Waals surface area contributed by atoms with Crippen LogP contribution in [0.3, 0.4) is 0 Å². The lowest BCUT2D eigenvalue weighted by Gasteiger charge is -2.20. The van der Waals surface area contributed by atoms with Gasteiger partial charge in [-0.2, -0.15) is 13.5 Å². The molecule has 0 saturated carbocycles. The molecule has 0 aliphatic rings. The second-order valence-electron chi connectivity index (χ2n) is 6.44. The Kier molecular flexibility index (Phi) is 6.96. The van der Waals surface area contributed by atoms with Crippen molar-refractivity contribution in [1.29, 1.82) is 0 Å². The van der Waals surface area contributed by atoms with Crippen LogP contribution in [0.2, 0.25) is 0 Å². The van der Waals surface area contributed by atoms with E-state index in [1.54, 1.807) is 19.9 Å². The maximum Gasteiger partial charge on any atom is 0.329 e. The molecule has 5 nitrogen and oxygen atoms in total. The lowest BCUT2D eigenvalue weighted by atomic mass is 10.0. The minimum Gasteiger partial charge on any atom is -0.419 e. The van der Waals surface area contributed by atoms with Crippen LogP contribution in [0, 0.1) is 35.0 Å². The summed E-state index contributed by atoms with van der Waals surface area (Å²) in [6.45, 7) is 3.24. The first kappa shape index (κ1) is 22.8. The normalized spacial score (nSPS) is 12.8. The quantitative estimate of drug-likeness (QED) is 0.236. The summed E-state index contributed by atoms with van der Waals surface area (Å²) >= 11 is 0. The number of rotatable bonds is 7. The van der Waals surface area contributed by atoms with Crippen molar-refractivity contribution < 1.29 is 39.9 Å². The molecule has 158 valence electrons. The molecular weight excluding hydrogens is 421 g/mol. The number of esters is 1. The molecule has 0 spiro atoms. The third kappa shape index (κ3) is 5.10. The number of ether oxygens (including phenoxy) is 1. The summed E-state index contributed by atoms with van der Waals surface area (Å²) in [6.07, 6.45) is -0.166. The van der Waals surface area contributed by atoms with E-state index in [4.69, 9.17) is 0 Å². The van der Waals surface area contributed by atoms with Gasteiger partial charge in [0.15, 0.2) is 0 Å². The highest BCUT2D eigenvalue weighted by Crippen LogP contribution is 2.29. The Bertz CT molecular complexity index is 984. The van der Waals surface area contributed by atoms with Crippen LogP contribution in [0.15, 0.2) is 35.2 Å². The predicted molar refractivity (Wildman–Crippen MR) is 91.9 cm³/mol. The molecule has 29 heavy (non-hydrogen) atoms. The zero-order valence-corrected chi connectivity index (χ0v) is 16.0.